The molecule has 1 aromatic carbocycles. The topological polar surface area (TPSA) is 12.0 Å². The minimum absolute atomic E-state index is 0.713. The molecule has 112 valence electrons. The highest BCUT2D eigenvalue weighted by Crippen LogP contribution is 2.21. The molecule has 1 aromatic rings. The molecule has 0 amide bonds. The van der Waals surface area contributed by atoms with Gasteiger partial charge in [0.2, 0.25) is 0 Å². The van der Waals surface area contributed by atoms with Crippen LogP contribution in [0.3, 0.4) is 0 Å². The van der Waals surface area contributed by atoms with E-state index in [1.165, 1.54) is 70.8 Å². The molecule has 1 aliphatic rings. The standard InChI is InChI=1S/C19H31N/c1-2-3-4-5-6-7-10-15-20-19-14-13-17-11-8-9-12-18(17)16-19/h8-9,11-12,19-20H,2-7,10,13-16H2,1H3. The van der Waals surface area contributed by atoms with Crippen molar-refractivity contribution >= 4 is 0 Å². The van der Waals surface area contributed by atoms with Gasteiger partial charge in [-0.15, -0.1) is 0 Å². The molecule has 0 bridgehead atoms. The van der Waals surface area contributed by atoms with Crippen LogP contribution in [0.4, 0.5) is 0 Å². The summed E-state index contributed by atoms with van der Waals surface area (Å²) in [5, 5.41) is 3.76. The second-order valence-corrected chi connectivity index (χ2v) is 6.28. The van der Waals surface area contributed by atoms with Crippen molar-refractivity contribution in [2.45, 2.75) is 77.2 Å². The van der Waals surface area contributed by atoms with Gasteiger partial charge in [-0.05, 0) is 43.4 Å². The molecule has 1 heteroatoms. The Morgan fingerprint density at radius 1 is 0.950 bits per heavy atom. The molecule has 0 aromatic heterocycles. The second kappa shape index (κ2) is 9.18. The Bertz CT molecular complexity index is 372. The first kappa shape index (κ1) is 15.6. The highest BCUT2D eigenvalue weighted by Gasteiger charge is 2.16. The maximum Gasteiger partial charge on any atom is 0.0111 e. The third-order valence-electron chi connectivity index (χ3n) is 4.56. The van der Waals surface area contributed by atoms with Gasteiger partial charge >= 0.3 is 0 Å². The van der Waals surface area contributed by atoms with Gasteiger partial charge < -0.3 is 5.32 Å². The quantitative estimate of drug-likeness (QED) is 0.632. The average Bonchev–Trinajstić information content (AvgIpc) is 2.50. The fourth-order valence-electron chi connectivity index (χ4n) is 3.26. The zero-order valence-corrected chi connectivity index (χ0v) is 13.2. The van der Waals surface area contributed by atoms with Crippen LogP contribution in [0.15, 0.2) is 24.3 Å². The third-order valence-corrected chi connectivity index (χ3v) is 4.56. The van der Waals surface area contributed by atoms with Crippen molar-refractivity contribution in [2.24, 2.45) is 0 Å². The highest BCUT2D eigenvalue weighted by atomic mass is 14.9. The normalized spacial score (nSPS) is 17.9. The molecule has 0 saturated heterocycles. The van der Waals surface area contributed by atoms with E-state index in [0.717, 1.165) is 0 Å². The lowest BCUT2D eigenvalue weighted by molar-refractivity contribution is 0.446. The van der Waals surface area contributed by atoms with E-state index in [0.29, 0.717) is 6.04 Å². The van der Waals surface area contributed by atoms with Gasteiger partial charge in [0.05, 0.1) is 0 Å². The van der Waals surface area contributed by atoms with Gasteiger partial charge in [0, 0.05) is 6.04 Å². The van der Waals surface area contributed by atoms with Crippen molar-refractivity contribution in [3.8, 4) is 0 Å². The third kappa shape index (κ3) is 5.28. The fraction of sp³-hybridized carbons (Fsp3) is 0.684. The monoisotopic (exact) mass is 273 g/mol. The molecule has 0 radical (unpaired) electrons. The number of nitrogens with one attached hydrogen (secondary N) is 1. The van der Waals surface area contributed by atoms with Crippen LogP contribution in [0.2, 0.25) is 0 Å². The lowest BCUT2D eigenvalue weighted by Gasteiger charge is -2.25. The average molecular weight is 273 g/mol. The Morgan fingerprint density at radius 2 is 1.65 bits per heavy atom. The molecule has 1 N–H and O–H groups in total. The smallest absolute Gasteiger partial charge is 0.0111 e. The fourth-order valence-corrected chi connectivity index (χ4v) is 3.26. The summed E-state index contributed by atoms with van der Waals surface area (Å²) in [5.74, 6) is 0. The maximum atomic E-state index is 3.76. The molecule has 1 aliphatic carbocycles. The SMILES string of the molecule is CCCCCCCCCNC1CCc2ccccc2C1. The molecular formula is C19H31N. The number of benzene rings is 1. The van der Waals surface area contributed by atoms with Gasteiger partial charge in [0.25, 0.3) is 0 Å². The summed E-state index contributed by atoms with van der Waals surface area (Å²) < 4.78 is 0. The van der Waals surface area contributed by atoms with Gasteiger partial charge in [-0.3, -0.25) is 0 Å². The molecule has 0 fully saturated rings. The Labute approximate surface area is 125 Å². The predicted molar refractivity (Wildman–Crippen MR) is 88.3 cm³/mol. The van der Waals surface area contributed by atoms with Crippen molar-refractivity contribution in [3.63, 3.8) is 0 Å². The predicted octanol–water partition coefficient (Wildman–Crippen LogP) is 4.88. The lowest BCUT2D eigenvalue weighted by Crippen LogP contribution is -2.35. The summed E-state index contributed by atoms with van der Waals surface area (Å²) in [5.41, 5.74) is 3.14. The highest BCUT2D eigenvalue weighted by molar-refractivity contribution is 5.30. The summed E-state index contributed by atoms with van der Waals surface area (Å²) in [6, 6.07) is 9.66. The lowest BCUT2D eigenvalue weighted by atomic mass is 9.88. The van der Waals surface area contributed by atoms with Crippen molar-refractivity contribution in [1.82, 2.24) is 5.32 Å². The molecule has 0 saturated carbocycles. The van der Waals surface area contributed by atoms with Crippen LogP contribution in [0.1, 0.15) is 69.4 Å². The van der Waals surface area contributed by atoms with E-state index in [1.54, 1.807) is 11.1 Å². The summed E-state index contributed by atoms with van der Waals surface area (Å²) in [6.45, 7) is 3.49. The number of fused-ring (bicyclic) bond motifs is 1. The molecule has 0 spiro atoms. The van der Waals surface area contributed by atoms with Crippen LogP contribution in [0.5, 0.6) is 0 Å². The van der Waals surface area contributed by atoms with Gasteiger partial charge in [0.1, 0.15) is 0 Å². The largest absolute Gasteiger partial charge is 0.314 e. The van der Waals surface area contributed by atoms with Gasteiger partial charge in [0.15, 0.2) is 0 Å². The van der Waals surface area contributed by atoms with E-state index >= 15 is 0 Å². The minimum atomic E-state index is 0.713. The van der Waals surface area contributed by atoms with E-state index in [-0.39, 0.29) is 0 Å². The maximum absolute atomic E-state index is 3.76. The van der Waals surface area contributed by atoms with Crippen molar-refractivity contribution in [1.29, 1.82) is 0 Å². The van der Waals surface area contributed by atoms with Crippen molar-refractivity contribution in [2.75, 3.05) is 6.54 Å². The molecule has 1 nitrogen and oxygen atoms in total. The Hall–Kier alpha value is -0.820. The Balaban J connectivity index is 1.53. The first-order chi connectivity index (χ1) is 9.90. The summed E-state index contributed by atoms with van der Waals surface area (Å²) in [6.07, 6.45) is 13.6. The van der Waals surface area contributed by atoms with E-state index in [4.69, 9.17) is 0 Å². The zero-order chi connectivity index (χ0) is 14.0. The minimum Gasteiger partial charge on any atom is -0.314 e. The van der Waals surface area contributed by atoms with Crippen LogP contribution in [-0.4, -0.2) is 12.6 Å². The van der Waals surface area contributed by atoms with Crippen LogP contribution < -0.4 is 5.32 Å². The number of hydrogen-bond acceptors (Lipinski definition) is 1. The first-order valence-corrected chi connectivity index (χ1v) is 8.70. The van der Waals surface area contributed by atoms with Crippen LogP contribution in [0.25, 0.3) is 0 Å². The number of aryl methyl sites for hydroxylation is 1. The molecule has 0 aliphatic heterocycles. The number of hydrogen-bond donors (Lipinski definition) is 1. The van der Waals surface area contributed by atoms with E-state index in [9.17, 15) is 0 Å². The Kier molecular flexibility index (Phi) is 7.14. The van der Waals surface area contributed by atoms with E-state index in [2.05, 4.69) is 36.5 Å². The molecule has 1 atom stereocenters. The number of unbranched alkanes of at least 4 members (excludes halogenated alkanes) is 6. The van der Waals surface area contributed by atoms with E-state index < -0.39 is 0 Å². The Morgan fingerprint density at radius 3 is 2.45 bits per heavy atom. The zero-order valence-electron chi connectivity index (χ0n) is 13.2. The molecule has 2 rings (SSSR count). The van der Waals surface area contributed by atoms with Crippen LogP contribution in [0, 0.1) is 0 Å². The molecule has 20 heavy (non-hydrogen) atoms. The van der Waals surface area contributed by atoms with Gasteiger partial charge in [-0.25, -0.2) is 0 Å². The van der Waals surface area contributed by atoms with Gasteiger partial charge in [-0.1, -0.05) is 69.7 Å². The first-order valence-electron chi connectivity index (χ1n) is 8.70. The summed E-state index contributed by atoms with van der Waals surface area (Å²) in [4.78, 5) is 0. The summed E-state index contributed by atoms with van der Waals surface area (Å²) in [7, 11) is 0. The summed E-state index contributed by atoms with van der Waals surface area (Å²) >= 11 is 0. The number of rotatable bonds is 9. The molecular weight excluding hydrogens is 242 g/mol. The van der Waals surface area contributed by atoms with Crippen molar-refractivity contribution < 1.29 is 0 Å². The molecule has 1 unspecified atom stereocenters. The van der Waals surface area contributed by atoms with Crippen molar-refractivity contribution in [3.05, 3.63) is 35.4 Å². The van der Waals surface area contributed by atoms with Crippen LogP contribution in [-0.2, 0) is 12.8 Å². The van der Waals surface area contributed by atoms with E-state index in [1.807, 2.05) is 0 Å². The molecule has 0 heterocycles. The van der Waals surface area contributed by atoms with Gasteiger partial charge in [-0.2, -0.15) is 0 Å². The van der Waals surface area contributed by atoms with Crippen LogP contribution >= 0.6 is 0 Å². The second-order valence-electron chi connectivity index (χ2n) is 6.28.